The number of rotatable bonds is 4. The summed E-state index contributed by atoms with van der Waals surface area (Å²) in [6, 6.07) is 30.6. The van der Waals surface area contributed by atoms with Crippen molar-refractivity contribution in [3.05, 3.63) is 103 Å². The molecule has 0 aliphatic rings. The van der Waals surface area contributed by atoms with Gasteiger partial charge in [0.1, 0.15) is 0 Å². The second kappa shape index (κ2) is 8.01. The summed E-state index contributed by atoms with van der Waals surface area (Å²) in [4.78, 5) is 9.75. The van der Waals surface area contributed by atoms with E-state index in [1.54, 1.807) is 6.20 Å². The summed E-state index contributed by atoms with van der Waals surface area (Å²) < 4.78 is 0. The molecular formula is C27H22N4. The van der Waals surface area contributed by atoms with Crippen LogP contribution in [-0.2, 0) is 6.54 Å². The van der Waals surface area contributed by atoms with E-state index in [2.05, 4.69) is 47.4 Å². The van der Waals surface area contributed by atoms with Crippen molar-refractivity contribution in [2.24, 2.45) is 5.73 Å². The zero-order valence-electron chi connectivity index (χ0n) is 17.0. The topological polar surface area (TPSA) is 77.8 Å². The van der Waals surface area contributed by atoms with Gasteiger partial charge in [0.25, 0.3) is 0 Å². The van der Waals surface area contributed by atoms with Crippen LogP contribution in [0, 0.1) is 0 Å². The van der Waals surface area contributed by atoms with Crippen molar-refractivity contribution in [1.82, 2.24) is 9.97 Å². The summed E-state index contributed by atoms with van der Waals surface area (Å²) in [7, 11) is 0. The molecule has 0 aliphatic carbocycles. The van der Waals surface area contributed by atoms with Crippen LogP contribution in [0.5, 0.6) is 0 Å². The van der Waals surface area contributed by atoms with E-state index >= 15 is 0 Å². The smallest absolute Gasteiger partial charge is 0.0796 e. The molecule has 0 atom stereocenters. The fraction of sp³-hybridized carbons (Fsp3) is 0.0370. The van der Waals surface area contributed by atoms with Crippen LogP contribution in [0.4, 0.5) is 5.69 Å². The van der Waals surface area contributed by atoms with E-state index in [4.69, 9.17) is 16.5 Å². The van der Waals surface area contributed by atoms with Crippen LogP contribution >= 0.6 is 0 Å². The van der Waals surface area contributed by atoms with Gasteiger partial charge in [-0.25, -0.2) is 4.98 Å². The number of anilines is 1. The molecule has 2 aromatic heterocycles. The van der Waals surface area contributed by atoms with E-state index in [0.29, 0.717) is 12.2 Å². The number of nitrogens with two attached hydrogens (primary N) is 2. The van der Waals surface area contributed by atoms with Crippen molar-refractivity contribution in [3.63, 3.8) is 0 Å². The predicted molar refractivity (Wildman–Crippen MR) is 128 cm³/mol. The lowest BCUT2D eigenvalue weighted by Gasteiger charge is -2.14. The average molecular weight is 403 g/mol. The molecule has 150 valence electrons. The number of benzene rings is 3. The predicted octanol–water partition coefficient (Wildman–Crippen LogP) is 5.67. The first-order valence-corrected chi connectivity index (χ1v) is 10.2. The number of hydrogen-bond acceptors (Lipinski definition) is 4. The fourth-order valence-electron chi connectivity index (χ4n) is 3.87. The minimum absolute atomic E-state index is 0.520. The van der Waals surface area contributed by atoms with Crippen LogP contribution in [0.3, 0.4) is 0 Å². The Morgan fingerprint density at radius 1 is 0.677 bits per heavy atom. The minimum Gasteiger partial charge on any atom is -0.399 e. The van der Waals surface area contributed by atoms with Gasteiger partial charge in [0.2, 0.25) is 0 Å². The monoisotopic (exact) mass is 402 g/mol. The van der Waals surface area contributed by atoms with Crippen molar-refractivity contribution in [3.8, 4) is 33.6 Å². The van der Waals surface area contributed by atoms with Crippen molar-refractivity contribution in [2.75, 3.05) is 5.73 Å². The van der Waals surface area contributed by atoms with E-state index in [1.807, 2.05) is 48.5 Å². The first kappa shape index (κ1) is 19.0. The van der Waals surface area contributed by atoms with Crippen LogP contribution in [0.15, 0.2) is 97.2 Å². The molecule has 4 nitrogen and oxygen atoms in total. The van der Waals surface area contributed by atoms with Crippen LogP contribution in [0.2, 0.25) is 0 Å². The Morgan fingerprint density at radius 3 is 2.19 bits per heavy atom. The molecular weight excluding hydrogens is 380 g/mol. The van der Waals surface area contributed by atoms with E-state index in [0.717, 1.165) is 50.1 Å². The lowest BCUT2D eigenvalue weighted by molar-refractivity contribution is 1.07. The third kappa shape index (κ3) is 3.65. The molecule has 0 aliphatic heterocycles. The lowest BCUT2D eigenvalue weighted by atomic mass is 9.95. The molecule has 4 N–H and O–H groups in total. The molecule has 0 saturated carbocycles. The first-order chi connectivity index (χ1) is 15.2. The summed E-state index contributed by atoms with van der Waals surface area (Å²) in [6.07, 6.45) is 1.80. The molecule has 0 saturated heterocycles. The summed E-state index contributed by atoms with van der Waals surface area (Å²) in [5, 5.41) is 0.995. The maximum Gasteiger partial charge on any atom is 0.0796 e. The molecule has 5 rings (SSSR count). The minimum atomic E-state index is 0.520. The van der Waals surface area contributed by atoms with Gasteiger partial charge in [-0.15, -0.1) is 0 Å². The molecule has 4 heteroatoms. The normalized spacial score (nSPS) is 11.0. The number of fused-ring (bicyclic) bond motifs is 1. The Kier molecular flexibility index (Phi) is 4.90. The lowest BCUT2D eigenvalue weighted by Crippen LogP contribution is -1.97. The van der Waals surface area contributed by atoms with Gasteiger partial charge in [-0.05, 0) is 35.4 Å². The number of nitrogens with zero attached hydrogens (tertiary/aromatic N) is 2. The van der Waals surface area contributed by atoms with Gasteiger partial charge in [0.05, 0.1) is 16.9 Å². The molecule has 2 heterocycles. The molecule has 0 radical (unpaired) electrons. The molecule has 0 unspecified atom stereocenters. The van der Waals surface area contributed by atoms with Crippen LogP contribution < -0.4 is 11.5 Å². The van der Waals surface area contributed by atoms with Crippen molar-refractivity contribution in [1.29, 1.82) is 0 Å². The van der Waals surface area contributed by atoms with Gasteiger partial charge in [0.15, 0.2) is 0 Å². The highest BCUT2D eigenvalue weighted by atomic mass is 14.7. The molecule has 5 aromatic rings. The Hall–Kier alpha value is -4.02. The SMILES string of the molecule is NCc1ccc(-c2nc3ccnc(-c4cccc(N)c4)c3cc2-c2ccccc2)cc1. The Labute approximate surface area is 181 Å². The third-order valence-electron chi connectivity index (χ3n) is 5.45. The molecule has 0 fully saturated rings. The zero-order chi connectivity index (χ0) is 21.2. The number of aromatic nitrogens is 2. The first-order valence-electron chi connectivity index (χ1n) is 10.2. The summed E-state index contributed by atoms with van der Waals surface area (Å²) in [5.41, 5.74) is 20.5. The number of pyridine rings is 2. The number of nitrogen functional groups attached to an aromatic ring is 1. The second-order valence-corrected chi connectivity index (χ2v) is 7.50. The average Bonchev–Trinajstić information content (AvgIpc) is 2.83. The van der Waals surface area contributed by atoms with Crippen LogP contribution in [-0.4, -0.2) is 9.97 Å². The number of hydrogen-bond donors (Lipinski definition) is 2. The summed E-state index contributed by atoms with van der Waals surface area (Å²) >= 11 is 0. The van der Waals surface area contributed by atoms with Crippen molar-refractivity contribution >= 4 is 16.6 Å². The van der Waals surface area contributed by atoms with Gasteiger partial charge < -0.3 is 11.5 Å². The third-order valence-corrected chi connectivity index (χ3v) is 5.45. The maximum atomic E-state index is 6.03. The van der Waals surface area contributed by atoms with Crippen molar-refractivity contribution in [2.45, 2.75) is 6.54 Å². The Morgan fingerprint density at radius 2 is 1.45 bits per heavy atom. The van der Waals surface area contributed by atoms with E-state index in [1.165, 1.54) is 0 Å². The second-order valence-electron chi connectivity index (χ2n) is 7.50. The van der Waals surface area contributed by atoms with E-state index in [-0.39, 0.29) is 0 Å². The van der Waals surface area contributed by atoms with Gasteiger partial charge in [-0.1, -0.05) is 66.7 Å². The fourth-order valence-corrected chi connectivity index (χ4v) is 3.87. The summed E-state index contributed by atoms with van der Waals surface area (Å²) in [5.74, 6) is 0. The highest BCUT2D eigenvalue weighted by Crippen LogP contribution is 2.36. The largest absolute Gasteiger partial charge is 0.399 e. The van der Waals surface area contributed by atoms with Gasteiger partial charge in [0, 0.05) is 40.5 Å². The summed E-state index contributed by atoms with van der Waals surface area (Å²) in [6.45, 7) is 0.520. The molecule has 0 bridgehead atoms. The van der Waals surface area contributed by atoms with Crippen LogP contribution in [0.25, 0.3) is 44.5 Å². The van der Waals surface area contributed by atoms with E-state index < -0.39 is 0 Å². The molecule has 31 heavy (non-hydrogen) atoms. The molecule has 0 spiro atoms. The zero-order valence-corrected chi connectivity index (χ0v) is 17.0. The van der Waals surface area contributed by atoms with Crippen molar-refractivity contribution < 1.29 is 0 Å². The van der Waals surface area contributed by atoms with Gasteiger partial charge in [-0.3, -0.25) is 4.98 Å². The quantitative estimate of drug-likeness (QED) is 0.380. The van der Waals surface area contributed by atoms with Gasteiger partial charge >= 0.3 is 0 Å². The highest BCUT2D eigenvalue weighted by Gasteiger charge is 2.15. The Balaban J connectivity index is 1.79. The van der Waals surface area contributed by atoms with Crippen LogP contribution in [0.1, 0.15) is 5.56 Å². The van der Waals surface area contributed by atoms with Gasteiger partial charge in [-0.2, -0.15) is 0 Å². The maximum absolute atomic E-state index is 6.03. The Bertz CT molecular complexity index is 1360. The highest BCUT2D eigenvalue weighted by molar-refractivity contribution is 5.98. The molecule has 3 aromatic carbocycles. The van der Waals surface area contributed by atoms with E-state index in [9.17, 15) is 0 Å². The standard InChI is InChI=1S/C27H22N4/c28-17-18-9-11-20(12-10-18)27-23(19-5-2-1-3-6-19)16-24-25(31-27)13-14-30-26(24)21-7-4-8-22(29)15-21/h1-16H,17,28-29H2. The molecule has 0 amide bonds.